The molecule has 0 aliphatic heterocycles. The van der Waals surface area contributed by atoms with Gasteiger partial charge < -0.3 is 9.84 Å². The number of hydrogen-bond acceptors (Lipinski definition) is 5. The van der Waals surface area contributed by atoms with Gasteiger partial charge in [-0.3, -0.25) is 9.36 Å². The van der Waals surface area contributed by atoms with Crippen LogP contribution in [0.1, 0.15) is 22.3 Å². The van der Waals surface area contributed by atoms with Crippen molar-refractivity contribution >= 4 is 27.5 Å². The number of aromatic carboxylic acids is 1. The zero-order valence-corrected chi connectivity index (χ0v) is 17.2. The predicted molar refractivity (Wildman–Crippen MR) is 118 cm³/mol. The highest BCUT2D eigenvalue weighted by Gasteiger charge is 2.20. The molecular weight excluding hydrogens is 400 g/mol. The predicted octanol–water partition coefficient (Wildman–Crippen LogP) is 4.60. The summed E-state index contributed by atoms with van der Waals surface area (Å²) in [4.78, 5) is 30.0. The lowest BCUT2D eigenvalue weighted by Gasteiger charge is -2.14. The molecule has 4 aromatic rings. The van der Waals surface area contributed by atoms with Crippen molar-refractivity contribution in [2.45, 2.75) is 19.9 Å². The van der Waals surface area contributed by atoms with Gasteiger partial charge in [-0.1, -0.05) is 42.0 Å². The average molecular weight is 420 g/mol. The number of aromatic nitrogens is 2. The van der Waals surface area contributed by atoms with Gasteiger partial charge in [-0.25, -0.2) is 9.78 Å². The zero-order chi connectivity index (χ0) is 21.1. The van der Waals surface area contributed by atoms with Gasteiger partial charge in [0, 0.05) is 17.5 Å². The van der Waals surface area contributed by atoms with Crippen LogP contribution in [0, 0.1) is 6.92 Å². The van der Waals surface area contributed by atoms with Crippen LogP contribution in [-0.4, -0.2) is 27.2 Å². The van der Waals surface area contributed by atoms with Gasteiger partial charge >= 0.3 is 5.97 Å². The molecule has 0 aliphatic rings. The van der Waals surface area contributed by atoms with Crippen molar-refractivity contribution in [3.63, 3.8) is 0 Å². The second-order valence-corrected chi connectivity index (χ2v) is 7.77. The lowest BCUT2D eigenvalue weighted by Crippen LogP contribution is -2.25. The molecule has 0 saturated heterocycles. The smallest absolute Gasteiger partial charge is 0.337 e. The Hall–Kier alpha value is -3.45. The fraction of sp³-hybridized carbons (Fsp3) is 0.174. The lowest BCUT2D eigenvalue weighted by molar-refractivity contribution is 0.0699. The number of para-hydroxylation sites is 1. The van der Waals surface area contributed by atoms with Crippen molar-refractivity contribution in [1.29, 1.82) is 0 Å². The van der Waals surface area contributed by atoms with Crippen LogP contribution in [0.25, 0.3) is 21.6 Å². The summed E-state index contributed by atoms with van der Waals surface area (Å²) in [6, 6.07) is 17.2. The second kappa shape index (κ2) is 8.51. The molecule has 0 radical (unpaired) electrons. The Labute approximate surface area is 177 Å². The van der Waals surface area contributed by atoms with Crippen LogP contribution < -0.4 is 10.3 Å². The van der Waals surface area contributed by atoms with Gasteiger partial charge in [0.2, 0.25) is 0 Å². The summed E-state index contributed by atoms with van der Waals surface area (Å²) in [6.07, 6.45) is 0.577. The fourth-order valence-corrected chi connectivity index (χ4v) is 4.23. The van der Waals surface area contributed by atoms with Crippen LogP contribution in [0.15, 0.2) is 64.8 Å². The van der Waals surface area contributed by atoms with Crippen molar-refractivity contribution in [3.8, 4) is 17.1 Å². The summed E-state index contributed by atoms with van der Waals surface area (Å²) in [7, 11) is 0. The van der Waals surface area contributed by atoms with Crippen LogP contribution in [0.2, 0.25) is 0 Å². The molecule has 4 rings (SSSR count). The molecule has 0 saturated carbocycles. The third-order valence-electron chi connectivity index (χ3n) is 4.74. The molecule has 0 spiro atoms. The Balaban J connectivity index is 1.71. The highest BCUT2D eigenvalue weighted by atomic mass is 32.1. The molecule has 2 aromatic heterocycles. The van der Waals surface area contributed by atoms with Gasteiger partial charge in [0.25, 0.3) is 5.56 Å². The number of nitrogens with zero attached hydrogens (tertiary/aromatic N) is 2. The van der Waals surface area contributed by atoms with Gasteiger partial charge in [0.15, 0.2) is 0 Å². The molecule has 2 heterocycles. The number of fused-ring (bicyclic) bond motifs is 1. The van der Waals surface area contributed by atoms with E-state index in [1.807, 2.05) is 61.5 Å². The number of aryl methyl sites for hydroxylation is 1. The maximum atomic E-state index is 13.3. The molecule has 30 heavy (non-hydrogen) atoms. The highest BCUT2D eigenvalue weighted by molar-refractivity contribution is 7.17. The van der Waals surface area contributed by atoms with Gasteiger partial charge in [0.1, 0.15) is 16.4 Å². The van der Waals surface area contributed by atoms with E-state index in [1.54, 1.807) is 4.57 Å². The Morgan fingerprint density at radius 3 is 2.70 bits per heavy atom. The molecule has 0 fully saturated rings. The van der Waals surface area contributed by atoms with Crippen molar-refractivity contribution in [3.05, 3.63) is 81.5 Å². The SMILES string of the molecule is Cc1cccc(-c2nc3scc(C(=O)O)c3c(=O)n2CCCOc2ccccc2)c1. The number of rotatable bonds is 7. The summed E-state index contributed by atoms with van der Waals surface area (Å²) in [5, 5.41) is 11.1. The van der Waals surface area contributed by atoms with E-state index < -0.39 is 5.97 Å². The zero-order valence-electron chi connectivity index (χ0n) is 16.4. The summed E-state index contributed by atoms with van der Waals surface area (Å²) in [5.74, 6) is 0.181. The molecule has 7 heteroatoms. The van der Waals surface area contributed by atoms with Crippen LogP contribution in [0.3, 0.4) is 0 Å². The lowest BCUT2D eigenvalue weighted by atomic mass is 10.1. The van der Waals surface area contributed by atoms with Crippen molar-refractivity contribution in [1.82, 2.24) is 9.55 Å². The largest absolute Gasteiger partial charge is 0.494 e. The van der Waals surface area contributed by atoms with E-state index in [-0.39, 0.29) is 16.5 Å². The average Bonchev–Trinajstić information content (AvgIpc) is 3.18. The standard InChI is InChI=1S/C23H20N2O4S/c1-15-7-5-8-16(13-15)20-24-21-19(18(14-30-21)23(27)28)22(26)25(20)11-6-12-29-17-9-3-2-4-10-17/h2-5,7-10,13-14H,6,11-12H2,1H3,(H,27,28). The van der Waals surface area contributed by atoms with Gasteiger partial charge in [0.05, 0.1) is 17.6 Å². The topological polar surface area (TPSA) is 81.4 Å². The molecule has 0 aliphatic carbocycles. The van der Waals surface area contributed by atoms with Crippen molar-refractivity contribution < 1.29 is 14.6 Å². The molecule has 6 nitrogen and oxygen atoms in total. The number of ether oxygens (including phenoxy) is 1. The number of hydrogen-bond donors (Lipinski definition) is 1. The van der Waals surface area contributed by atoms with Crippen molar-refractivity contribution in [2.75, 3.05) is 6.61 Å². The first-order valence-corrected chi connectivity index (χ1v) is 10.4. The minimum absolute atomic E-state index is 0.00224. The molecule has 1 N–H and O–H groups in total. The highest BCUT2D eigenvalue weighted by Crippen LogP contribution is 2.26. The Morgan fingerprint density at radius 2 is 1.97 bits per heavy atom. The molecular formula is C23H20N2O4S. The summed E-state index contributed by atoms with van der Waals surface area (Å²) in [6.45, 7) is 2.77. The van der Waals surface area contributed by atoms with E-state index in [0.717, 1.165) is 16.9 Å². The van der Waals surface area contributed by atoms with Gasteiger partial charge in [-0.15, -0.1) is 11.3 Å². The van der Waals surface area contributed by atoms with Crippen molar-refractivity contribution in [2.24, 2.45) is 0 Å². The van der Waals surface area contributed by atoms with E-state index >= 15 is 0 Å². The Kier molecular flexibility index (Phi) is 5.63. The summed E-state index contributed by atoms with van der Waals surface area (Å²) < 4.78 is 7.30. The normalized spacial score (nSPS) is 11.0. The maximum absolute atomic E-state index is 13.3. The van der Waals surface area contributed by atoms with E-state index in [2.05, 4.69) is 4.98 Å². The fourth-order valence-electron chi connectivity index (χ4n) is 3.32. The van der Waals surface area contributed by atoms with Crippen LogP contribution in [0.5, 0.6) is 5.75 Å². The molecule has 0 unspecified atom stereocenters. The number of thiophene rings is 1. The quantitative estimate of drug-likeness (QED) is 0.442. The molecule has 2 aromatic carbocycles. The van der Waals surface area contributed by atoms with Crippen LogP contribution >= 0.6 is 11.3 Å². The maximum Gasteiger partial charge on any atom is 0.337 e. The number of carboxylic acid groups (broad SMARTS) is 1. The summed E-state index contributed by atoms with van der Waals surface area (Å²) >= 11 is 1.17. The van der Waals surface area contributed by atoms with E-state index in [1.165, 1.54) is 16.7 Å². The van der Waals surface area contributed by atoms with Crippen LogP contribution in [0.4, 0.5) is 0 Å². The monoisotopic (exact) mass is 420 g/mol. The first-order chi connectivity index (χ1) is 14.5. The Morgan fingerprint density at radius 1 is 1.17 bits per heavy atom. The van der Waals surface area contributed by atoms with E-state index in [0.29, 0.717) is 30.2 Å². The Bertz CT molecular complexity index is 1260. The number of carbonyl (C=O) groups is 1. The molecule has 152 valence electrons. The molecule has 0 amide bonds. The first kappa shape index (κ1) is 19.8. The third kappa shape index (κ3) is 3.97. The minimum atomic E-state index is -1.12. The number of benzene rings is 2. The van der Waals surface area contributed by atoms with Gasteiger partial charge in [-0.05, 0) is 31.5 Å². The van der Waals surface area contributed by atoms with E-state index in [4.69, 9.17) is 4.74 Å². The second-order valence-electron chi connectivity index (χ2n) is 6.91. The minimum Gasteiger partial charge on any atom is -0.494 e. The molecule has 0 atom stereocenters. The van der Waals surface area contributed by atoms with E-state index in [9.17, 15) is 14.7 Å². The first-order valence-electron chi connectivity index (χ1n) is 9.55. The third-order valence-corrected chi connectivity index (χ3v) is 5.61. The number of carboxylic acids is 1. The summed E-state index contributed by atoms with van der Waals surface area (Å²) in [5.41, 5.74) is 1.54. The van der Waals surface area contributed by atoms with Gasteiger partial charge in [-0.2, -0.15) is 0 Å². The van der Waals surface area contributed by atoms with Crippen LogP contribution in [-0.2, 0) is 6.54 Å². The molecule has 0 bridgehead atoms.